The molecule has 0 saturated carbocycles. The summed E-state index contributed by atoms with van der Waals surface area (Å²) in [5, 5.41) is 28.0. The second-order valence-electron chi connectivity index (χ2n) is 9.84. The summed E-state index contributed by atoms with van der Waals surface area (Å²) < 4.78 is 22.4. The number of esters is 1. The number of aliphatic hydroxyl groups is 3. The van der Waals surface area contributed by atoms with E-state index in [9.17, 15) is 19.4 Å². The Balaban J connectivity index is 3.99. The fraction of sp³-hybridized carbons (Fsp3) is 0.808. The zero-order valence-electron chi connectivity index (χ0n) is 22.7. The van der Waals surface area contributed by atoms with Crippen molar-refractivity contribution in [3.05, 3.63) is 24.3 Å². The third-order valence-electron chi connectivity index (χ3n) is 6.12. The average molecular weight is 536 g/mol. The van der Waals surface area contributed by atoms with E-state index in [2.05, 4.69) is 31.2 Å². The molecule has 0 radical (unpaired) electrons. The topological polar surface area (TPSA) is 136 Å². The molecule has 0 rings (SSSR count). The van der Waals surface area contributed by atoms with Gasteiger partial charge in [0, 0.05) is 12.8 Å². The molecule has 3 N–H and O–H groups in total. The van der Waals surface area contributed by atoms with Gasteiger partial charge in [-0.3, -0.25) is 4.79 Å². The molecule has 0 saturated heterocycles. The molecule has 0 amide bonds. The van der Waals surface area contributed by atoms with Gasteiger partial charge >= 0.3 is 5.97 Å². The lowest BCUT2D eigenvalue weighted by molar-refractivity contribution is -0.902. The highest BCUT2D eigenvalue weighted by molar-refractivity contribution is 7.51. The summed E-state index contributed by atoms with van der Waals surface area (Å²) in [5.74, 6) is -1.41. The molecule has 0 aliphatic rings. The Morgan fingerprint density at radius 2 is 1.47 bits per heavy atom. The van der Waals surface area contributed by atoms with Crippen molar-refractivity contribution in [1.29, 1.82) is 0 Å². The van der Waals surface area contributed by atoms with Crippen LogP contribution < -0.4 is 4.89 Å². The second-order valence-corrected chi connectivity index (χ2v) is 11.9. The van der Waals surface area contributed by atoms with Crippen molar-refractivity contribution in [1.82, 2.24) is 0 Å². The lowest BCUT2D eigenvalue weighted by atomic mass is 10.1. The summed E-state index contributed by atoms with van der Waals surface area (Å²) in [6.07, 6.45) is 15.7. The number of carbonyl (C=O) groups excluding carboxylic acids is 1. The summed E-state index contributed by atoms with van der Waals surface area (Å²) in [6, 6.07) is 0. The number of aliphatic hydroxyl groups excluding tert-OH is 2. The van der Waals surface area contributed by atoms with Gasteiger partial charge in [0.2, 0.25) is 0 Å². The van der Waals surface area contributed by atoms with Crippen LogP contribution in [0.5, 0.6) is 0 Å². The number of unbranched alkanes of at least 4 members (excludes halogenated alkanes) is 6. The standard InChI is InChI=1S/C26H50NO8P/c1-5-6-7-8-9-10-11-12-13-14-15-16-17-18-26(31)34-21-24(28)22-35-36(32,33)23(2)27(3,4)20-19-25(29)30/h8-9,14-15,23-25,28-30H,5-7,10-13,16-22H2,1-4H3/b9-8-,15-14-/t23?,24-/m1/s1. The van der Waals surface area contributed by atoms with Gasteiger partial charge in [0.15, 0.2) is 13.9 Å². The van der Waals surface area contributed by atoms with Crippen molar-refractivity contribution in [2.45, 2.75) is 103 Å². The molecule has 2 unspecified atom stereocenters. The van der Waals surface area contributed by atoms with Crippen molar-refractivity contribution in [3.63, 3.8) is 0 Å². The highest BCUT2D eigenvalue weighted by Crippen LogP contribution is 2.46. The van der Waals surface area contributed by atoms with E-state index in [1.54, 1.807) is 14.1 Å². The predicted octanol–water partition coefficient (Wildman–Crippen LogP) is 3.62. The molecule has 0 aromatic heterocycles. The van der Waals surface area contributed by atoms with Crippen LogP contribution >= 0.6 is 7.60 Å². The molecule has 212 valence electrons. The van der Waals surface area contributed by atoms with Crippen LogP contribution in [0.15, 0.2) is 24.3 Å². The number of ether oxygens (including phenoxy) is 1. The number of hydrogen-bond acceptors (Lipinski definition) is 8. The minimum atomic E-state index is -4.36. The third kappa shape index (κ3) is 18.2. The monoisotopic (exact) mass is 535 g/mol. The van der Waals surface area contributed by atoms with Crippen LogP contribution in [-0.4, -0.2) is 77.8 Å². The molecule has 0 fully saturated rings. The number of hydrogen-bond donors (Lipinski definition) is 3. The van der Waals surface area contributed by atoms with E-state index in [0.717, 1.165) is 25.7 Å². The maximum absolute atomic E-state index is 12.5. The van der Waals surface area contributed by atoms with Crippen molar-refractivity contribution < 1.29 is 43.3 Å². The Kier molecular flexibility index (Phi) is 19.4. The molecule has 0 bridgehead atoms. The highest BCUT2D eigenvalue weighted by Gasteiger charge is 2.34. The molecular formula is C26H50NO8P. The largest absolute Gasteiger partial charge is 0.774 e. The van der Waals surface area contributed by atoms with Crippen LogP contribution in [0.2, 0.25) is 0 Å². The minimum Gasteiger partial charge on any atom is -0.774 e. The van der Waals surface area contributed by atoms with Gasteiger partial charge in [-0.15, -0.1) is 0 Å². The molecule has 36 heavy (non-hydrogen) atoms. The van der Waals surface area contributed by atoms with Crippen LogP contribution in [0.3, 0.4) is 0 Å². The van der Waals surface area contributed by atoms with Gasteiger partial charge in [-0.1, -0.05) is 44.1 Å². The Morgan fingerprint density at radius 3 is 2.00 bits per heavy atom. The first-order chi connectivity index (χ1) is 16.9. The van der Waals surface area contributed by atoms with E-state index < -0.39 is 38.3 Å². The first-order valence-electron chi connectivity index (χ1n) is 13.2. The van der Waals surface area contributed by atoms with E-state index in [4.69, 9.17) is 19.5 Å². The zero-order valence-corrected chi connectivity index (χ0v) is 23.6. The molecule has 0 aliphatic carbocycles. The van der Waals surface area contributed by atoms with Crippen LogP contribution in [0.1, 0.15) is 84.5 Å². The summed E-state index contributed by atoms with van der Waals surface area (Å²) in [5.41, 5.74) is 0. The Labute approximate surface area is 217 Å². The van der Waals surface area contributed by atoms with Gasteiger partial charge in [-0.2, -0.15) is 0 Å². The van der Waals surface area contributed by atoms with Gasteiger partial charge in [-0.25, -0.2) is 0 Å². The first kappa shape index (κ1) is 34.9. The van der Waals surface area contributed by atoms with Gasteiger partial charge < -0.3 is 38.5 Å². The molecule has 0 aromatic carbocycles. The van der Waals surface area contributed by atoms with E-state index in [0.29, 0.717) is 6.42 Å². The van der Waals surface area contributed by atoms with Crippen LogP contribution in [0, 0.1) is 0 Å². The Morgan fingerprint density at radius 1 is 0.944 bits per heavy atom. The van der Waals surface area contributed by atoms with Crippen LogP contribution in [0.25, 0.3) is 0 Å². The van der Waals surface area contributed by atoms with Crippen molar-refractivity contribution in [2.75, 3.05) is 33.9 Å². The molecule has 0 aliphatic heterocycles. The number of nitrogens with zero attached hydrogens (tertiary/aromatic N) is 1. The van der Waals surface area contributed by atoms with Crippen molar-refractivity contribution >= 4 is 13.6 Å². The highest BCUT2D eigenvalue weighted by atomic mass is 31.2. The summed E-state index contributed by atoms with van der Waals surface area (Å²) in [7, 11) is -1.08. The van der Waals surface area contributed by atoms with Crippen LogP contribution in [0.4, 0.5) is 0 Å². The lowest BCUT2D eigenvalue weighted by Gasteiger charge is -2.42. The van der Waals surface area contributed by atoms with Crippen molar-refractivity contribution in [3.8, 4) is 0 Å². The molecular weight excluding hydrogens is 485 g/mol. The summed E-state index contributed by atoms with van der Waals surface area (Å²) in [6.45, 7) is 3.01. The normalized spacial score (nSPS) is 16.0. The summed E-state index contributed by atoms with van der Waals surface area (Å²) in [4.78, 5) is 24.3. The fourth-order valence-electron chi connectivity index (χ4n) is 3.31. The molecule has 0 heterocycles. The molecule has 10 heteroatoms. The predicted molar refractivity (Wildman–Crippen MR) is 140 cm³/mol. The van der Waals surface area contributed by atoms with Gasteiger partial charge in [0.05, 0.1) is 27.2 Å². The van der Waals surface area contributed by atoms with Gasteiger partial charge in [0.1, 0.15) is 18.5 Å². The Bertz CT molecular complexity index is 681. The Hall–Kier alpha value is -1.06. The minimum absolute atomic E-state index is 0.0166. The summed E-state index contributed by atoms with van der Waals surface area (Å²) >= 11 is 0. The van der Waals surface area contributed by atoms with Gasteiger partial charge in [-0.05, 0) is 51.9 Å². The van der Waals surface area contributed by atoms with E-state index in [1.807, 2.05) is 0 Å². The van der Waals surface area contributed by atoms with E-state index in [1.165, 1.54) is 32.6 Å². The van der Waals surface area contributed by atoms with Gasteiger partial charge in [0.25, 0.3) is 0 Å². The quantitative estimate of drug-likeness (QED) is 0.0478. The first-order valence-corrected chi connectivity index (χ1v) is 14.8. The maximum Gasteiger partial charge on any atom is 0.305 e. The lowest BCUT2D eigenvalue weighted by Crippen LogP contribution is -2.50. The zero-order chi connectivity index (χ0) is 27.5. The molecule has 9 nitrogen and oxygen atoms in total. The molecule has 0 aromatic rings. The SMILES string of the molecule is CCCC/C=C\CCCC/C=C\CCCC(=O)OC[C@@H](O)COP(=O)([O-])C(C)[N+](C)(C)CCC(O)O. The second kappa shape index (κ2) is 20.0. The average Bonchev–Trinajstić information content (AvgIpc) is 2.82. The molecule has 3 atom stereocenters. The smallest absolute Gasteiger partial charge is 0.305 e. The number of quaternary nitrogens is 1. The number of carbonyl (C=O) groups is 1. The molecule has 0 spiro atoms. The van der Waals surface area contributed by atoms with Crippen LogP contribution in [-0.2, 0) is 18.6 Å². The number of allylic oxidation sites excluding steroid dienone is 4. The maximum atomic E-state index is 12.5. The third-order valence-corrected chi connectivity index (χ3v) is 8.17. The van der Waals surface area contributed by atoms with E-state index >= 15 is 0 Å². The fourth-order valence-corrected chi connectivity index (χ4v) is 4.78. The number of rotatable bonds is 22. The van der Waals surface area contributed by atoms with E-state index in [-0.39, 0.29) is 30.5 Å². The van der Waals surface area contributed by atoms with Crippen molar-refractivity contribution in [2.24, 2.45) is 0 Å².